The van der Waals surface area contributed by atoms with Crippen molar-refractivity contribution in [1.82, 2.24) is 0 Å². The Morgan fingerprint density at radius 2 is 2.25 bits per heavy atom. The Labute approximate surface area is 72.2 Å². The largest absolute Gasteiger partial charge is 0.493 e. The first-order valence-electron chi connectivity index (χ1n) is 3.96. The number of hydrogen-bond donors (Lipinski definition) is 0. The third-order valence-electron chi connectivity index (χ3n) is 1.63. The summed E-state index contributed by atoms with van der Waals surface area (Å²) in [4.78, 5) is 11.1. The molecule has 0 fully saturated rings. The van der Waals surface area contributed by atoms with Crippen molar-refractivity contribution in [2.45, 2.75) is 13.3 Å². The fraction of sp³-hybridized carbons (Fsp3) is 0.300. The van der Waals surface area contributed by atoms with Crippen LogP contribution in [0.4, 0.5) is 0 Å². The maximum atomic E-state index is 11.1. The van der Waals surface area contributed by atoms with E-state index in [0.29, 0.717) is 5.76 Å². The smallest absolute Gasteiger partial charge is 0.220 e. The van der Waals surface area contributed by atoms with Crippen LogP contribution in [-0.2, 0) is 9.53 Å². The zero-order valence-corrected chi connectivity index (χ0v) is 7.33. The highest BCUT2D eigenvalue weighted by Gasteiger charge is 2.10. The Morgan fingerprint density at radius 3 is 2.83 bits per heavy atom. The van der Waals surface area contributed by atoms with Gasteiger partial charge < -0.3 is 4.74 Å². The van der Waals surface area contributed by atoms with Crippen LogP contribution in [0, 0.1) is 0 Å². The number of carbonyl (C=O) groups excluding carboxylic acids is 1. The highest BCUT2D eigenvalue weighted by Crippen LogP contribution is 2.13. The van der Waals surface area contributed by atoms with Gasteiger partial charge in [-0.1, -0.05) is 19.1 Å². The van der Waals surface area contributed by atoms with E-state index in [1.807, 2.05) is 6.08 Å². The zero-order valence-electron chi connectivity index (χ0n) is 7.33. The molecule has 1 aliphatic rings. The standard InChI is InChI=1S/C10H12O2/c1-3-4-8-5-6-9(11)10(7-8)12-2/h4-7H,3H2,1-2H3. The minimum Gasteiger partial charge on any atom is -0.493 e. The van der Waals surface area contributed by atoms with Crippen LogP contribution in [0.3, 0.4) is 0 Å². The lowest BCUT2D eigenvalue weighted by Crippen LogP contribution is -2.04. The Morgan fingerprint density at radius 1 is 1.50 bits per heavy atom. The van der Waals surface area contributed by atoms with E-state index >= 15 is 0 Å². The second kappa shape index (κ2) is 3.90. The van der Waals surface area contributed by atoms with Crippen molar-refractivity contribution >= 4 is 5.78 Å². The molecule has 0 aromatic rings. The monoisotopic (exact) mass is 164 g/mol. The highest BCUT2D eigenvalue weighted by molar-refractivity contribution is 6.04. The fourth-order valence-corrected chi connectivity index (χ4v) is 1.05. The van der Waals surface area contributed by atoms with Crippen molar-refractivity contribution < 1.29 is 9.53 Å². The summed E-state index contributed by atoms with van der Waals surface area (Å²) in [5, 5.41) is 0. The number of ether oxygens (including phenoxy) is 1. The summed E-state index contributed by atoms with van der Waals surface area (Å²) in [5.74, 6) is 0.350. The molecule has 1 rings (SSSR count). The topological polar surface area (TPSA) is 26.3 Å². The molecule has 0 saturated carbocycles. The molecule has 0 unspecified atom stereocenters. The Balaban J connectivity index is 2.86. The van der Waals surface area contributed by atoms with Crippen molar-refractivity contribution in [2.75, 3.05) is 7.11 Å². The van der Waals surface area contributed by atoms with Crippen LogP contribution in [0.1, 0.15) is 13.3 Å². The quantitative estimate of drug-likeness (QED) is 0.624. The molecule has 1 aliphatic carbocycles. The lowest BCUT2D eigenvalue weighted by molar-refractivity contribution is -0.114. The molecule has 0 saturated heterocycles. The van der Waals surface area contributed by atoms with Crippen LogP contribution in [0.15, 0.2) is 35.6 Å². The van der Waals surface area contributed by atoms with Gasteiger partial charge in [0.1, 0.15) is 0 Å². The minimum absolute atomic E-state index is 0.0641. The lowest BCUT2D eigenvalue weighted by Gasteiger charge is -2.06. The maximum absolute atomic E-state index is 11.1. The van der Waals surface area contributed by atoms with Crippen LogP contribution in [0.2, 0.25) is 0 Å². The van der Waals surface area contributed by atoms with E-state index in [9.17, 15) is 4.79 Å². The summed E-state index contributed by atoms with van der Waals surface area (Å²) < 4.78 is 4.90. The van der Waals surface area contributed by atoms with Gasteiger partial charge in [0.15, 0.2) is 5.76 Å². The van der Waals surface area contributed by atoms with Gasteiger partial charge in [-0.25, -0.2) is 0 Å². The summed E-state index contributed by atoms with van der Waals surface area (Å²) in [6.45, 7) is 2.05. The van der Waals surface area contributed by atoms with Gasteiger partial charge in [-0.15, -0.1) is 0 Å². The number of carbonyl (C=O) groups is 1. The van der Waals surface area contributed by atoms with Crippen molar-refractivity contribution in [3.8, 4) is 0 Å². The number of rotatable bonds is 2. The Kier molecular flexibility index (Phi) is 2.86. The zero-order chi connectivity index (χ0) is 8.97. The van der Waals surface area contributed by atoms with E-state index in [4.69, 9.17) is 4.74 Å². The molecule has 0 aromatic heterocycles. The van der Waals surface area contributed by atoms with Gasteiger partial charge in [-0.05, 0) is 24.1 Å². The number of methoxy groups -OCH3 is 1. The van der Waals surface area contributed by atoms with Crippen LogP contribution in [0.25, 0.3) is 0 Å². The first-order valence-corrected chi connectivity index (χ1v) is 3.96. The molecule has 0 atom stereocenters. The molecule has 2 heteroatoms. The summed E-state index contributed by atoms with van der Waals surface area (Å²) in [6.07, 6.45) is 8.09. The van der Waals surface area contributed by atoms with Gasteiger partial charge in [0, 0.05) is 0 Å². The third-order valence-corrected chi connectivity index (χ3v) is 1.63. The first-order chi connectivity index (χ1) is 5.77. The molecule has 12 heavy (non-hydrogen) atoms. The predicted molar refractivity (Wildman–Crippen MR) is 47.6 cm³/mol. The van der Waals surface area contributed by atoms with E-state index in [2.05, 4.69) is 6.92 Å². The SMILES string of the molecule is CCC=C1C=CC(=O)C(OC)=C1. The summed E-state index contributed by atoms with van der Waals surface area (Å²) in [5.41, 5.74) is 1.04. The summed E-state index contributed by atoms with van der Waals surface area (Å²) in [6, 6.07) is 0. The van der Waals surface area contributed by atoms with Gasteiger partial charge in [0.05, 0.1) is 7.11 Å². The molecule has 0 amide bonds. The summed E-state index contributed by atoms with van der Waals surface area (Å²) >= 11 is 0. The molecule has 2 nitrogen and oxygen atoms in total. The molecule has 0 aromatic carbocycles. The second-order valence-electron chi connectivity index (χ2n) is 2.52. The molecule has 0 N–H and O–H groups in total. The van der Waals surface area contributed by atoms with Crippen molar-refractivity contribution in [1.29, 1.82) is 0 Å². The molecule has 0 bridgehead atoms. The van der Waals surface area contributed by atoms with E-state index in [1.165, 1.54) is 13.2 Å². The summed E-state index contributed by atoms with van der Waals surface area (Å²) in [7, 11) is 1.51. The second-order valence-corrected chi connectivity index (χ2v) is 2.52. The molecule has 0 aliphatic heterocycles. The van der Waals surface area contributed by atoms with Gasteiger partial charge in [0.25, 0.3) is 0 Å². The van der Waals surface area contributed by atoms with Crippen LogP contribution < -0.4 is 0 Å². The van der Waals surface area contributed by atoms with Gasteiger partial charge in [0.2, 0.25) is 5.78 Å². The van der Waals surface area contributed by atoms with Crippen LogP contribution in [0.5, 0.6) is 0 Å². The Hall–Kier alpha value is -1.31. The fourth-order valence-electron chi connectivity index (χ4n) is 1.05. The molecule has 0 radical (unpaired) electrons. The van der Waals surface area contributed by atoms with E-state index in [1.54, 1.807) is 12.2 Å². The average molecular weight is 164 g/mol. The number of hydrogen-bond acceptors (Lipinski definition) is 2. The lowest BCUT2D eigenvalue weighted by atomic mass is 10.1. The normalized spacial score (nSPS) is 19.7. The highest BCUT2D eigenvalue weighted by atomic mass is 16.5. The van der Waals surface area contributed by atoms with Crippen molar-refractivity contribution in [3.63, 3.8) is 0 Å². The van der Waals surface area contributed by atoms with Gasteiger partial charge in [-0.3, -0.25) is 4.79 Å². The molecular weight excluding hydrogens is 152 g/mol. The van der Waals surface area contributed by atoms with Crippen molar-refractivity contribution in [2.24, 2.45) is 0 Å². The number of ketones is 1. The molecule has 64 valence electrons. The predicted octanol–water partition coefficient (Wildman–Crippen LogP) is 1.99. The average Bonchev–Trinajstić information content (AvgIpc) is 2.09. The molecule has 0 spiro atoms. The van der Waals surface area contributed by atoms with E-state index in [0.717, 1.165) is 12.0 Å². The van der Waals surface area contributed by atoms with Crippen LogP contribution in [-0.4, -0.2) is 12.9 Å². The van der Waals surface area contributed by atoms with Crippen molar-refractivity contribution in [3.05, 3.63) is 35.6 Å². The van der Waals surface area contributed by atoms with Gasteiger partial charge >= 0.3 is 0 Å². The number of allylic oxidation sites excluding steroid dienone is 5. The first kappa shape index (κ1) is 8.78. The van der Waals surface area contributed by atoms with E-state index < -0.39 is 0 Å². The Bertz CT molecular complexity index is 270. The van der Waals surface area contributed by atoms with Gasteiger partial charge in [-0.2, -0.15) is 0 Å². The molecular formula is C10H12O2. The molecule has 0 heterocycles. The van der Waals surface area contributed by atoms with Crippen LogP contribution >= 0.6 is 0 Å². The third kappa shape index (κ3) is 1.84. The minimum atomic E-state index is -0.0641. The van der Waals surface area contributed by atoms with E-state index in [-0.39, 0.29) is 5.78 Å². The maximum Gasteiger partial charge on any atom is 0.220 e.